The third-order valence-electron chi connectivity index (χ3n) is 5.68. The molecule has 1 saturated heterocycles. The number of carbonyl (C=O) groups excluding carboxylic acids is 2. The fraction of sp³-hybridized carbons (Fsp3) is 0.154. The molecule has 11 heteroatoms. The number of halogens is 1. The summed E-state index contributed by atoms with van der Waals surface area (Å²) in [7, 11) is 0. The molecule has 0 radical (unpaired) electrons. The van der Waals surface area contributed by atoms with Crippen LogP contribution in [0.1, 0.15) is 22.3 Å². The molecule has 2 aliphatic rings. The first-order valence-corrected chi connectivity index (χ1v) is 12.1. The smallest absolute Gasteiger partial charge is 0.335 e. The number of amides is 2. The van der Waals surface area contributed by atoms with E-state index in [2.05, 4.69) is 10.3 Å². The summed E-state index contributed by atoms with van der Waals surface area (Å²) >= 11 is 1.05. The van der Waals surface area contributed by atoms with E-state index in [0.717, 1.165) is 17.3 Å². The lowest BCUT2D eigenvalue weighted by molar-refractivity contribution is -0.129. The Hall–Kier alpha value is -4.38. The Balaban J connectivity index is 1.39. The highest BCUT2D eigenvalue weighted by molar-refractivity contribution is 8.15. The van der Waals surface area contributed by atoms with Crippen LogP contribution in [0.4, 0.5) is 15.8 Å². The molecule has 3 aromatic rings. The summed E-state index contributed by atoms with van der Waals surface area (Å²) < 4.78 is 25.2. The number of ether oxygens (including phenoxy) is 2. The number of benzene rings is 3. The molecule has 2 N–H and O–H groups in total. The van der Waals surface area contributed by atoms with E-state index >= 15 is 0 Å². The third-order valence-corrected chi connectivity index (χ3v) is 6.87. The second kappa shape index (κ2) is 10.3. The first-order valence-electron chi connectivity index (χ1n) is 11.2. The largest absolute Gasteiger partial charge is 0.478 e. The van der Waals surface area contributed by atoms with Crippen LogP contribution in [0.25, 0.3) is 0 Å². The number of nitrogens with zero attached hydrogens (tertiary/aromatic N) is 2. The van der Waals surface area contributed by atoms with E-state index in [0.29, 0.717) is 17.2 Å². The van der Waals surface area contributed by atoms with Crippen LogP contribution >= 0.6 is 11.8 Å². The maximum absolute atomic E-state index is 14.4. The van der Waals surface area contributed by atoms with Crippen LogP contribution in [-0.2, 0) is 16.1 Å². The lowest BCUT2D eigenvalue weighted by atomic mass is 10.1. The van der Waals surface area contributed by atoms with Crippen LogP contribution in [-0.4, -0.2) is 45.0 Å². The Kier molecular flexibility index (Phi) is 6.78. The van der Waals surface area contributed by atoms with Gasteiger partial charge in [0.2, 0.25) is 18.6 Å². The molecule has 9 nitrogen and oxygen atoms in total. The second-order valence-electron chi connectivity index (χ2n) is 8.20. The molecule has 3 aromatic carbocycles. The fourth-order valence-corrected chi connectivity index (χ4v) is 4.87. The summed E-state index contributed by atoms with van der Waals surface area (Å²) in [5.74, 6) is -1.28. The fourth-order valence-electron chi connectivity index (χ4n) is 3.78. The zero-order valence-corrected chi connectivity index (χ0v) is 20.0. The van der Waals surface area contributed by atoms with Gasteiger partial charge in [-0.25, -0.2) is 14.2 Å². The Morgan fingerprint density at radius 3 is 2.59 bits per heavy atom. The van der Waals surface area contributed by atoms with Gasteiger partial charge in [-0.1, -0.05) is 30.0 Å². The molecule has 0 unspecified atom stereocenters. The summed E-state index contributed by atoms with van der Waals surface area (Å²) in [5.41, 5.74) is 1.26. The summed E-state index contributed by atoms with van der Waals surface area (Å²) in [6.45, 7) is 0.258. The molecule has 0 aliphatic carbocycles. The molecule has 2 amide bonds. The highest BCUT2D eigenvalue weighted by Gasteiger charge is 2.36. The van der Waals surface area contributed by atoms with Gasteiger partial charge in [0.05, 0.1) is 12.1 Å². The molecule has 0 aromatic heterocycles. The van der Waals surface area contributed by atoms with Crippen molar-refractivity contribution in [3.8, 4) is 11.5 Å². The van der Waals surface area contributed by atoms with Crippen LogP contribution < -0.4 is 14.8 Å². The summed E-state index contributed by atoms with van der Waals surface area (Å²) in [5, 5.41) is 11.1. The molecule has 2 heterocycles. The number of amidine groups is 1. The van der Waals surface area contributed by atoms with Crippen molar-refractivity contribution < 1.29 is 33.4 Å². The van der Waals surface area contributed by atoms with Crippen LogP contribution in [0.3, 0.4) is 0 Å². The average molecular weight is 522 g/mol. The first-order chi connectivity index (χ1) is 17.9. The SMILES string of the molecule is O=C(O)c1ccc(NC(=O)[C@@H]2CC(=O)N(Cc3ccc4c(c3)OCO4)C(=Nc3ccccc3F)S2)cc1. The molecule has 1 fully saturated rings. The van der Waals surface area contributed by atoms with Crippen molar-refractivity contribution in [3.05, 3.63) is 83.7 Å². The quantitative estimate of drug-likeness (QED) is 0.493. The van der Waals surface area contributed by atoms with Crippen LogP contribution in [0.5, 0.6) is 11.5 Å². The maximum atomic E-state index is 14.4. The van der Waals surface area contributed by atoms with Crippen molar-refractivity contribution in [2.75, 3.05) is 12.1 Å². The van der Waals surface area contributed by atoms with Crippen molar-refractivity contribution in [1.82, 2.24) is 4.90 Å². The number of thioether (sulfide) groups is 1. The number of hydrogen-bond donors (Lipinski definition) is 2. The number of carboxylic acids is 1. The molecule has 188 valence electrons. The van der Waals surface area contributed by atoms with Crippen molar-refractivity contribution in [2.45, 2.75) is 18.2 Å². The molecule has 1 atom stereocenters. The van der Waals surface area contributed by atoms with Crippen LogP contribution in [0.15, 0.2) is 71.7 Å². The van der Waals surface area contributed by atoms with Crippen LogP contribution in [0.2, 0.25) is 0 Å². The standard InChI is InChI=1S/C26H20FN3O6S/c27-18-3-1-2-4-19(18)29-26-30(13-15-5-10-20-21(11-15)36-14-35-20)23(31)12-22(37-26)24(32)28-17-8-6-16(7-9-17)25(33)34/h1-11,22H,12-14H2,(H,28,32)(H,33,34)/t22-/m0/s1. The van der Waals surface area contributed by atoms with Gasteiger partial charge in [0.1, 0.15) is 16.8 Å². The van der Waals surface area contributed by atoms with E-state index in [1.54, 1.807) is 24.3 Å². The summed E-state index contributed by atoms with van der Waals surface area (Å²) in [6, 6.07) is 16.9. The van der Waals surface area contributed by atoms with E-state index in [4.69, 9.17) is 14.6 Å². The van der Waals surface area contributed by atoms with E-state index in [1.165, 1.54) is 47.4 Å². The number of para-hydroxylation sites is 1. The summed E-state index contributed by atoms with van der Waals surface area (Å²) in [4.78, 5) is 43.1. The Morgan fingerprint density at radius 2 is 1.84 bits per heavy atom. The molecular weight excluding hydrogens is 501 g/mol. The van der Waals surface area contributed by atoms with Crippen molar-refractivity contribution >= 4 is 46.1 Å². The Bertz CT molecular complexity index is 1410. The van der Waals surface area contributed by atoms with Crippen molar-refractivity contribution in [1.29, 1.82) is 0 Å². The number of carbonyl (C=O) groups is 3. The lowest BCUT2D eigenvalue weighted by Crippen LogP contribution is -2.44. The van der Waals surface area contributed by atoms with Crippen molar-refractivity contribution in [2.24, 2.45) is 4.99 Å². The Morgan fingerprint density at radius 1 is 1.08 bits per heavy atom. The van der Waals surface area contributed by atoms with Gasteiger partial charge in [-0.05, 0) is 54.1 Å². The number of aliphatic imine (C=N–C) groups is 1. The van der Waals surface area contributed by atoms with Gasteiger partial charge >= 0.3 is 5.97 Å². The number of hydrogen-bond acceptors (Lipinski definition) is 7. The van der Waals surface area contributed by atoms with Crippen molar-refractivity contribution in [3.63, 3.8) is 0 Å². The predicted molar refractivity (Wildman–Crippen MR) is 135 cm³/mol. The minimum Gasteiger partial charge on any atom is -0.478 e. The monoisotopic (exact) mass is 521 g/mol. The number of rotatable bonds is 6. The minimum absolute atomic E-state index is 0.0406. The number of carboxylic acid groups (broad SMARTS) is 1. The zero-order chi connectivity index (χ0) is 25.9. The summed E-state index contributed by atoms with van der Waals surface area (Å²) in [6.07, 6.45) is -0.107. The zero-order valence-electron chi connectivity index (χ0n) is 19.2. The highest BCUT2D eigenvalue weighted by Crippen LogP contribution is 2.35. The van der Waals surface area contributed by atoms with E-state index in [9.17, 15) is 18.8 Å². The molecule has 0 saturated carbocycles. The second-order valence-corrected chi connectivity index (χ2v) is 9.37. The molecule has 5 rings (SSSR count). The van der Waals surface area contributed by atoms with Crippen LogP contribution in [0, 0.1) is 5.82 Å². The lowest BCUT2D eigenvalue weighted by Gasteiger charge is -2.32. The van der Waals surface area contributed by atoms with E-state index in [-0.39, 0.29) is 42.1 Å². The number of aromatic carboxylic acids is 1. The molecule has 0 spiro atoms. The first kappa shape index (κ1) is 24.3. The van der Waals surface area contributed by atoms with Gasteiger partial charge in [-0.2, -0.15) is 0 Å². The minimum atomic E-state index is -1.08. The van der Waals surface area contributed by atoms with E-state index < -0.39 is 22.9 Å². The molecule has 37 heavy (non-hydrogen) atoms. The van der Waals surface area contributed by atoms with Gasteiger partial charge in [-0.3, -0.25) is 14.5 Å². The van der Waals surface area contributed by atoms with Gasteiger partial charge in [0, 0.05) is 12.1 Å². The van der Waals surface area contributed by atoms with E-state index in [1.807, 2.05) is 0 Å². The van der Waals surface area contributed by atoms with Gasteiger partial charge in [0.25, 0.3) is 0 Å². The molecule has 2 aliphatic heterocycles. The Labute approximate surface area is 214 Å². The normalized spacial score (nSPS) is 17.6. The maximum Gasteiger partial charge on any atom is 0.335 e. The number of nitrogens with one attached hydrogen (secondary N) is 1. The number of fused-ring (bicyclic) bond motifs is 1. The average Bonchev–Trinajstić information content (AvgIpc) is 3.35. The highest BCUT2D eigenvalue weighted by atomic mass is 32.2. The van der Waals surface area contributed by atoms with Gasteiger partial charge in [0.15, 0.2) is 16.7 Å². The molecule has 0 bridgehead atoms. The topological polar surface area (TPSA) is 118 Å². The number of anilines is 1. The van der Waals surface area contributed by atoms with Gasteiger partial charge in [-0.15, -0.1) is 0 Å². The third kappa shape index (κ3) is 5.41. The molecular formula is C26H20FN3O6S. The van der Waals surface area contributed by atoms with Gasteiger partial charge < -0.3 is 19.9 Å². The predicted octanol–water partition coefficient (Wildman–Crippen LogP) is 4.41.